The molecule has 1 aromatic heterocycles. The van der Waals surface area contributed by atoms with Gasteiger partial charge in [0.05, 0.1) is 27.4 Å². The van der Waals surface area contributed by atoms with Gasteiger partial charge in [0.1, 0.15) is 5.30 Å². The van der Waals surface area contributed by atoms with Crippen molar-refractivity contribution in [3.05, 3.63) is 6.07 Å². The van der Waals surface area contributed by atoms with Gasteiger partial charge in [0.15, 0.2) is 0 Å². The Morgan fingerprint density at radius 3 is 2.17 bits per heavy atom. The summed E-state index contributed by atoms with van der Waals surface area (Å²) in [5, 5.41) is 7.71. The Bertz CT molecular complexity index is 430. The van der Waals surface area contributed by atoms with Crippen molar-refractivity contribution in [2.45, 2.75) is 13.8 Å². The van der Waals surface area contributed by atoms with Crippen LogP contribution in [-0.4, -0.2) is 37.6 Å². The van der Waals surface area contributed by atoms with E-state index in [2.05, 4.69) is 10.2 Å². The average molecular weight is 276 g/mol. The van der Waals surface area contributed by atoms with Gasteiger partial charge in [-0.1, -0.05) is 0 Å². The van der Waals surface area contributed by atoms with Gasteiger partial charge in [0.25, 0.3) is 0 Å². The first-order valence-corrected chi connectivity index (χ1v) is 7.00. The van der Waals surface area contributed by atoms with Gasteiger partial charge < -0.3 is 18.5 Å². The molecule has 0 aliphatic heterocycles. The first-order valence-electron chi connectivity index (χ1n) is 5.46. The Labute approximate surface area is 106 Å². The van der Waals surface area contributed by atoms with Crippen LogP contribution in [0, 0.1) is 0 Å². The van der Waals surface area contributed by atoms with Crippen molar-refractivity contribution in [2.75, 3.05) is 27.4 Å². The van der Waals surface area contributed by atoms with Crippen molar-refractivity contribution in [2.24, 2.45) is 0 Å². The molecule has 0 atom stereocenters. The van der Waals surface area contributed by atoms with Crippen LogP contribution in [0.15, 0.2) is 6.07 Å². The van der Waals surface area contributed by atoms with E-state index in [-0.39, 0.29) is 30.3 Å². The van der Waals surface area contributed by atoms with Crippen LogP contribution in [0.4, 0.5) is 0 Å². The van der Waals surface area contributed by atoms with E-state index in [0.29, 0.717) is 0 Å². The molecule has 0 aliphatic rings. The quantitative estimate of drug-likeness (QED) is 0.696. The van der Waals surface area contributed by atoms with Gasteiger partial charge in [-0.05, 0) is 13.8 Å². The standard InChI is InChI=1S/C10H17N2O5P/c1-5-16-18(13,17-6-2)8-7-9(14-3)11-12-10(8)15-4/h7H,5-6H2,1-4H3. The molecule has 0 saturated carbocycles. The van der Waals surface area contributed by atoms with Crippen LogP contribution in [0.2, 0.25) is 0 Å². The van der Waals surface area contributed by atoms with Crippen molar-refractivity contribution in [1.82, 2.24) is 10.2 Å². The molecule has 0 fully saturated rings. The summed E-state index contributed by atoms with van der Waals surface area (Å²) in [6, 6.07) is 1.44. The number of aromatic nitrogens is 2. The second-order valence-electron chi connectivity index (χ2n) is 3.11. The molecule has 1 aromatic rings. The SMILES string of the molecule is CCOP(=O)(OCC)c1cc(OC)nnc1OC. The van der Waals surface area contributed by atoms with Gasteiger partial charge in [-0.3, -0.25) is 4.57 Å². The molecule has 102 valence electrons. The molecule has 18 heavy (non-hydrogen) atoms. The van der Waals surface area contributed by atoms with Crippen LogP contribution in [-0.2, 0) is 13.6 Å². The second kappa shape index (κ2) is 6.68. The van der Waals surface area contributed by atoms with E-state index in [1.54, 1.807) is 13.8 Å². The van der Waals surface area contributed by atoms with Crippen LogP contribution >= 0.6 is 7.60 Å². The summed E-state index contributed by atoms with van der Waals surface area (Å²) in [5.74, 6) is 0.312. The normalized spacial score (nSPS) is 11.3. The summed E-state index contributed by atoms with van der Waals surface area (Å²) in [6.07, 6.45) is 0. The van der Waals surface area contributed by atoms with Crippen LogP contribution in [0.1, 0.15) is 13.8 Å². The maximum atomic E-state index is 12.6. The first-order chi connectivity index (χ1) is 8.61. The lowest BCUT2D eigenvalue weighted by Gasteiger charge is -2.18. The topological polar surface area (TPSA) is 79.8 Å². The number of ether oxygens (including phenoxy) is 2. The lowest BCUT2D eigenvalue weighted by Crippen LogP contribution is -2.16. The number of nitrogens with zero attached hydrogens (tertiary/aromatic N) is 2. The number of methoxy groups -OCH3 is 2. The lowest BCUT2D eigenvalue weighted by molar-refractivity contribution is 0.228. The molecule has 7 nitrogen and oxygen atoms in total. The molecule has 0 spiro atoms. The highest BCUT2D eigenvalue weighted by Gasteiger charge is 2.32. The minimum absolute atomic E-state index is 0.0982. The minimum atomic E-state index is -3.47. The highest BCUT2D eigenvalue weighted by molar-refractivity contribution is 7.62. The van der Waals surface area contributed by atoms with Crippen molar-refractivity contribution in [1.29, 1.82) is 0 Å². The zero-order chi connectivity index (χ0) is 13.6. The maximum absolute atomic E-state index is 12.6. The summed E-state index contributed by atoms with van der Waals surface area (Å²) < 4.78 is 33.0. The van der Waals surface area contributed by atoms with Gasteiger partial charge in [0, 0.05) is 6.07 Å². The van der Waals surface area contributed by atoms with Crippen molar-refractivity contribution >= 4 is 12.9 Å². The van der Waals surface area contributed by atoms with Crippen LogP contribution < -0.4 is 14.8 Å². The number of rotatable bonds is 7. The molecule has 0 amide bonds. The molecule has 1 heterocycles. The van der Waals surface area contributed by atoms with Crippen LogP contribution in [0.25, 0.3) is 0 Å². The monoisotopic (exact) mass is 276 g/mol. The lowest BCUT2D eigenvalue weighted by atomic mass is 10.5. The van der Waals surface area contributed by atoms with E-state index >= 15 is 0 Å². The fourth-order valence-electron chi connectivity index (χ4n) is 1.31. The van der Waals surface area contributed by atoms with Gasteiger partial charge in [0.2, 0.25) is 11.8 Å². The average Bonchev–Trinajstić information content (AvgIpc) is 2.38. The molecule has 0 N–H and O–H groups in total. The van der Waals surface area contributed by atoms with Gasteiger partial charge in [-0.15, -0.1) is 10.2 Å². The summed E-state index contributed by atoms with van der Waals surface area (Å²) in [5.41, 5.74) is 0. The third kappa shape index (κ3) is 3.19. The van der Waals surface area contributed by atoms with Gasteiger partial charge in [-0.2, -0.15) is 0 Å². The Kier molecular flexibility index (Phi) is 5.53. The highest BCUT2D eigenvalue weighted by atomic mass is 31.2. The molecular formula is C10H17N2O5P. The Balaban J connectivity index is 3.28. The highest BCUT2D eigenvalue weighted by Crippen LogP contribution is 2.49. The van der Waals surface area contributed by atoms with E-state index in [9.17, 15) is 4.57 Å². The zero-order valence-corrected chi connectivity index (χ0v) is 11.8. The van der Waals surface area contributed by atoms with Gasteiger partial charge >= 0.3 is 7.60 Å². The van der Waals surface area contributed by atoms with E-state index in [0.717, 1.165) is 0 Å². The molecule has 0 saturated heterocycles. The molecule has 0 aliphatic carbocycles. The summed E-state index contributed by atoms with van der Waals surface area (Å²) in [7, 11) is -0.631. The third-order valence-electron chi connectivity index (χ3n) is 2.01. The molecule has 0 unspecified atom stereocenters. The van der Waals surface area contributed by atoms with Crippen LogP contribution in [0.5, 0.6) is 11.8 Å². The number of hydrogen-bond acceptors (Lipinski definition) is 7. The third-order valence-corrected chi connectivity index (χ3v) is 4.12. The predicted octanol–water partition coefficient (Wildman–Crippen LogP) is 1.39. The second-order valence-corrected chi connectivity index (χ2v) is 5.11. The Morgan fingerprint density at radius 2 is 1.72 bits per heavy atom. The predicted molar refractivity (Wildman–Crippen MR) is 65.6 cm³/mol. The Morgan fingerprint density at radius 1 is 1.11 bits per heavy atom. The van der Waals surface area contributed by atoms with Crippen molar-refractivity contribution in [3.8, 4) is 11.8 Å². The first kappa shape index (κ1) is 14.9. The summed E-state index contributed by atoms with van der Waals surface area (Å²) in [4.78, 5) is 0. The van der Waals surface area contributed by atoms with Gasteiger partial charge in [-0.25, -0.2) is 0 Å². The molecular weight excluding hydrogens is 259 g/mol. The zero-order valence-electron chi connectivity index (χ0n) is 10.9. The van der Waals surface area contributed by atoms with Crippen molar-refractivity contribution < 1.29 is 23.1 Å². The fraction of sp³-hybridized carbons (Fsp3) is 0.600. The van der Waals surface area contributed by atoms with E-state index in [1.165, 1.54) is 20.3 Å². The largest absolute Gasteiger partial charge is 0.480 e. The van der Waals surface area contributed by atoms with E-state index in [1.807, 2.05) is 0 Å². The minimum Gasteiger partial charge on any atom is -0.480 e. The van der Waals surface area contributed by atoms with Crippen LogP contribution in [0.3, 0.4) is 0 Å². The summed E-state index contributed by atoms with van der Waals surface area (Å²) >= 11 is 0. The maximum Gasteiger partial charge on any atom is 0.367 e. The Hall–Kier alpha value is -1.17. The van der Waals surface area contributed by atoms with E-state index in [4.69, 9.17) is 18.5 Å². The molecule has 1 rings (SSSR count). The van der Waals surface area contributed by atoms with E-state index < -0.39 is 7.60 Å². The summed E-state index contributed by atoms with van der Waals surface area (Å²) in [6.45, 7) is 3.93. The molecule has 0 bridgehead atoms. The molecule has 8 heteroatoms. The fourth-order valence-corrected chi connectivity index (χ4v) is 2.98. The molecule has 0 aromatic carbocycles. The van der Waals surface area contributed by atoms with Crippen molar-refractivity contribution in [3.63, 3.8) is 0 Å². The number of hydrogen-bond donors (Lipinski definition) is 0. The molecule has 0 radical (unpaired) electrons. The smallest absolute Gasteiger partial charge is 0.367 e.